The first-order chi connectivity index (χ1) is 14.8. The minimum Gasteiger partial charge on any atom is -0.315 e. The molecule has 0 radical (unpaired) electrons. The number of aromatic nitrogens is 4. The predicted molar refractivity (Wildman–Crippen MR) is 121 cm³/mol. The molecule has 1 aliphatic rings. The molecule has 0 spiro atoms. The van der Waals surface area contributed by atoms with Gasteiger partial charge in [0.2, 0.25) is 11.7 Å². The van der Waals surface area contributed by atoms with Crippen LogP contribution in [0.2, 0.25) is 5.02 Å². The molecule has 7 nitrogen and oxygen atoms in total. The van der Waals surface area contributed by atoms with E-state index in [0.717, 1.165) is 24.8 Å². The van der Waals surface area contributed by atoms with Gasteiger partial charge in [-0.2, -0.15) is 10.1 Å². The molecule has 1 N–H and O–H groups in total. The van der Waals surface area contributed by atoms with Gasteiger partial charge in [-0.15, -0.1) is 21.5 Å². The van der Waals surface area contributed by atoms with Gasteiger partial charge in [0.05, 0.1) is 10.6 Å². The highest BCUT2D eigenvalue weighted by Crippen LogP contribution is 2.44. The van der Waals surface area contributed by atoms with Crippen LogP contribution in [0.4, 0.5) is 5.00 Å². The number of fused-ring (bicyclic) bond motifs is 1. The third kappa shape index (κ3) is 4.48. The molecular formula is C22H23ClN6OS. The highest BCUT2D eigenvalue weighted by molar-refractivity contribution is 7.16. The van der Waals surface area contributed by atoms with Crippen molar-refractivity contribution in [2.24, 2.45) is 11.3 Å². The molecule has 160 valence electrons. The van der Waals surface area contributed by atoms with Crippen LogP contribution in [-0.4, -0.2) is 26.1 Å². The number of nitrogens with one attached hydrogen (secondary N) is 1. The zero-order valence-electron chi connectivity index (χ0n) is 17.6. The molecule has 0 saturated heterocycles. The molecule has 0 unspecified atom stereocenters. The number of thiophene rings is 1. The Morgan fingerprint density at radius 2 is 2.16 bits per heavy atom. The van der Waals surface area contributed by atoms with Gasteiger partial charge in [0.15, 0.2) is 0 Å². The first kappa shape index (κ1) is 21.5. The summed E-state index contributed by atoms with van der Waals surface area (Å²) in [5.41, 5.74) is 2.55. The minimum atomic E-state index is -0.300. The topological polar surface area (TPSA) is 96.5 Å². The lowest BCUT2D eigenvalue weighted by Gasteiger charge is -2.33. The molecule has 0 aliphatic heterocycles. The first-order valence-electron chi connectivity index (χ1n) is 10.1. The number of nitrogens with zero attached hydrogens (tertiary/aromatic N) is 5. The number of benzene rings is 1. The SMILES string of the molecule is CC(C)(C)[C@@H]1CCc2c(sc(NC(=O)Cn3nnc(-c4ccccc4Cl)n3)c2C#N)C1. The number of rotatable bonds is 4. The number of halogens is 1. The third-order valence-electron chi connectivity index (χ3n) is 5.71. The van der Waals surface area contributed by atoms with Crippen molar-refractivity contribution >= 4 is 33.8 Å². The normalized spacial score (nSPS) is 15.9. The van der Waals surface area contributed by atoms with E-state index in [1.165, 1.54) is 21.0 Å². The van der Waals surface area contributed by atoms with Crippen molar-refractivity contribution in [3.8, 4) is 17.5 Å². The number of hydrogen-bond donors (Lipinski definition) is 1. The molecule has 2 heterocycles. The molecular weight excluding hydrogens is 432 g/mol. The zero-order chi connectivity index (χ0) is 22.2. The quantitative estimate of drug-likeness (QED) is 0.615. The van der Waals surface area contributed by atoms with E-state index in [0.29, 0.717) is 32.9 Å². The molecule has 0 fully saturated rings. The molecule has 9 heteroatoms. The Morgan fingerprint density at radius 3 is 2.87 bits per heavy atom. The van der Waals surface area contributed by atoms with E-state index in [-0.39, 0.29) is 17.9 Å². The maximum Gasteiger partial charge on any atom is 0.248 e. The van der Waals surface area contributed by atoms with Crippen LogP contribution in [0.15, 0.2) is 24.3 Å². The van der Waals surface area contributed by atoms with Crippen LogP contribution < -0.4 is 5.32 Å². The van der Waals surface area contributed by atoms with Crippen LogP contribution in [0, 0.1) is 22.7 Å². The van der Waals surface area contributed by atoms with Gasteiger partial charge in [0.25, 0.3) is 0 Å². The molecule has 0 bridgehead atoms. The summed E-state index contributed by atoms with van der Waals surface area (Å²) < 4.78 is 0. The monoisotopic (exact) mass is 454 g/mol. The standard InChI is InChI=1S/C22H23ClN6OS/c1-22(2,3)13-8-9-14-16(11-24)21(31-18(14)10-13)25-19(30)12-29-27-20(26-28-29)15-6-4-5-7-17(15)23/h4-7,13H,8-10,12H2,1-3H3,(H,25,30)/t13-/m1/s1. The summed E-state index contributed by atoms with van der Waals surface area (Å²) in [5.74, 6) is 0.623. The van der Waals surface area contributed by atoms with Crippen molar-refractivity contribution in [2.45, 2.75) is 46.6 Å². The Morgan fingerprint density at radius 1 is 1.39 bits per heavy atom. The van der Waals surface area contributed by atoms with Crippen LogP contribution >= 0.6 is 22.9 Å². The summed E-state index contributed by atoms with van der Waals surface area (Å²) in [6.07, 6.45) is 2.88. The van der Waals surface area contributed by atoms with E-state index in [2.05, 4.69) is 47.6 Å². The Kier molecular flexibility index (Phi) is 5.82. The lowest BCUT2D eigenvalue weighted by molar-refractivity contribution is -0.117. The average molecular weight is 455 g/mol. The Balaban J connectivity index is 1.48. The zero-order valence-corrected chi connectivity index (χ0v) is 19.2. The van der Waals surface area contributed by atoms with Crippen molar-refractivity contribution in [3.05, 3.63) is 45.3 Å². The second-order valence-corrected chi connectivity index (χ2v) is 10.3. The second kappa shape index (κ2) is 8.40. The highest BCUT2D eigenvalue weighted by atomic mass is 35.5. The van der Waals surface area contributed by atoms with Gasteiger partial charge in [-0.1, -0.05) is 44.5 Å². The summed E-state index contributed by atoms with van der Waals surface area (Å²) >= 11 is 7.69. The third-order valence-corrected chi connectivity index (χ3v) is 7.21. The van der Waals surface area contributed by atoms with Crippen molar-refractivity contribution in [2.75, 3.05) is 5.32 Å². The van der Waals surface area contributed by atoms with Gasteiger partial charge < -0.3 is 5.32 Å². The van der Waals surface area contributed by atoms with Crippen LogP contribution in [-0.2, 0) is 24.2 Å². The molecule has 0 saturated carbocycles. The summed E-state index contributed by atoms with van der Waals surface area (Å²) in [7, 11) is 0. The first-order valence-corrected chi connectivity index (χ1v) is 11.3. The van der Waals surface area contributed by atoms with Gasteiger partial charge in [-0.05, 0) is 53.5 Å². The Bertz CT molecular complexity index is 1170. The maximum atomic E-state index is 12.6. The minimum absolute atomic E-state index is 0.102. The van der Waals surface area contributed by atoms with E-state index in [4.69, 9.17) is 11.6 Å². The molecule has 3 aromatic rings. The van der Waals surface area contributed by atoms with Crippen LogP contribution in [0.25, 0.3) is 11.4 Å². The van der Waals surface area contributed by atoms with Crippen LogP contribution in [0.3, 0.4) is 0 Å². The number of carbonyl (C=O) groups excluding carboxylic acids is 1. The van der Waals surface area contributed by atoms with Crippen molar-refractivity contribution in [1.82, 2.24) is 20.2 Å². The van der Waals surface area contributed by atoms with Gasteiger partial charge in [0.1, 0.15) is 17.6 Å². The van der Waals surface area contributed by atoms with Crippen molar-refractivity contribution < 1.29 is 4.79 Å². The fraction of sp³-hybridized carbons (Fsp3) is 0.409. The Labute approximate surface area is 190 Å². The van der Waals surface area contributed by atoms with E-state index >= 15 is 0 Å². The van der Waals surface area contributed by atoms with E-state index < -0.39 is 0 Å². The van der Waals surface area contributed by atoms with Gasteiger partial charge in [0, 0.05) is 10.4 Å². The van der Waals surface area contributed by atoms with E-state index in [1.807, 2.05) is 12.1 Å². The van der Waals surface area contributed by atoms with Gasteiger partial charge >= 0.3 is 0 Å². The molecule has 1 aliphatic carbocycles. The smallest absolute Gasteiger partial charge is 0.248 e. The van der Waals surface area contributed by atoms with E-state index in [9.17, 15) is 10.1 Å². The van der Waals surface area contributed by atoms with Crippen LogP contribution in [0.5, 0.6) is 0 Å². The molecule has 31 heavy (non-hydrogen) atoms. The number of carbonyl (C=O) groups is 1. The number of hydrogen-bond acceptors (Lipinski definition) is 6. The second-order valence-electron chi connectivity index (χ2n) is 8.80. The van der Waals surface area contributed by atoms with Crippen molar-refractivity contribution in [3.63, 3.8) is 0 Å². The van der Waals surface area contributed by atoms with Crippen molar-refractivity contribution in [1.29, 1.82) is 5.26 Å². The summed E-state index contributed by atoms with van der Waals surface area (Å²) in [5, 5.41) is 25.9. The fourth-order valence-electron chi connectivity index (χ4n) is 3.89. The fourth-order valence-corrected chi connectivity index (χ4v) is 5.40. The molecule has 2 aromatic heterocycles. The molecule has 4 rings (SSSR count). The predicted octanol–water partition coefficient (Wildman–Crippen LogP) is 4.72. The molecule has 1 aromatic carbocycles. The van der Waals surface area contributed by atoms with E-state index in [1.54, 1.807) is 12.1 Å². The summed E-state index contributed by atoms with van der Waals surface area (Å²) in [6, 6.07) is 9.49. The number of anilines is 1. The lowest BCUT2D eigenvalue weighted by atomic mass is 9.72. The van der Waals surface area contributed by atoms with Gasteiger partial charge in [-0.3, -0.25) is 4.79 Å². The molecule has 1 amide bonds. The van der Waals surface area contributed by atoms with Gasteiger partial charge in [-0.25, -0.2) is 0 Å². The maximum absolute atomic E-state index is 12.6. The largest absolute Gasteiger partial charge is 0.315 e. The molecule has 1 atom stereocenters. The number of tetrazole rings is 1. The number of nitriles is 1. The summed E-state index contributed by atoms with van der Waals surface area (Å²) in [6.45, 7) is 6.67. The summed E-state index contributed by atoms with van der Waals surface area (Å²) in [4.78, 5) is 15.1. The average Bonchev–Trinajstić information content (AvgIpc) is 3.30. The highest BCUT2D eigenvalue weighted by Gasteiger charge is 2.32. The number of amides is 1. The van der Waals surface area contributed by atoms with Crippen LogP contribution in [0.1, 0.15) is 43.2 Å². The Hall–Kier alpha value is -2.76. The lowest BCUT2D eigenvalue weighted by Crippen LogP contribution is -2.26.